The van der Waals surface area contributed by atoms with Gasteiger partial charge in [0.25, 0.3) is 0 Å². The lowest BCUT2D eigenvalue weighted by Gasteiger charge is -2.25. The summed E-state index contributed by atoms with van der Waals surface area (Å²) in [6.07, 6.45) is 2.34. The summed E-state index contributed by atoms with van der Waals surface area (Å²) < 4.78 is 41.8. The van der Waals surface area contributed by atoms with E-state index in [0.717, 1.165) is 24.2 Å². The van der Waals surface area contributed by atoms with E-state index in [9.17, 15) is 8.78 Å². The first-order chi connectivity index (χ1) is 15.0. The molecule has 0 aliphatic carbocycles. The van der Waals surface area contributed by atoms with E-state index in [1.165, 1.54) is 7.11 Å². The number of nitrogens with one attached hydrogen (secondary N) is 2. The molecule has 0 saturated carbocycles. The molecule has 1 aliphatic heterocycles. The molecule has 9 nitrogen and oxygen atoms in total. The van der Waals surface area contributed by atoms with Gasteiger partial charge in [0, 0.05) is 33.2 Å². The number of guanidine groups is 1. The molecule has 178 valence electrons. The van der Waals surface area contributed by atoms with Crippen molar-refractivity contribution in [3.8, 4) is 11.5 Å². The smallest absolute Gasteiger partial charge is 0.387 e. The van der Waals surface area contributed by atoms with E-state index in [2.05, 4.69) is 30.4 Å². The highest BCUT2D eigenvalue weighted by molar-refractivity contribution is 14.0. The highest BCUT2D eigenvalue weighted by Gasteiger charge is 2.22. The van der Waals surface area contributed by atoms with Crippen molar-refractivity contribution in [1.29, 1.82) is 0 Å². The number of rotatable bonds is 9. The van der Waals surface area contributed by atoms with Crippen molar-refractivity contribution in [2.75, 3.05) is 27.8 Å². The maximum atomic E-state index is 12.6. The Balaban J connectivity index is 0.00000363. The van der Waals surface area contributed by atoms with Gasteiger partial charge in [-0.05, 0) is 30.5 Å². The molecular weight excluding hydrogens is 537 g/mol. The molecule has 1 aromatic heterocycles. The van der Waals surface area contributed by atoms with Crippen molar-refractivity contribution in [1.82, 2.24) is 25.4 Å². The molecule has 0 saturated heterocycles. The SMILES string of the molecule is CN=C(NCCc1ccc(OC)c(OC(F)F)c1)NC1CCc2nc(COC)nn2C1.I. The van der Waals surface area contributed by atoms with Gasteiger partial charge in [-0.25, -0.2) is 9.67 Å². The fourth-order valence-electron chi connectivity index (χ4n) is 3.45. The summed E-state index contributed by atoms with van der Waals surface area (Å²) in [7, 11) is 4.74. The molecule has 0 radical (unpaired) electrons. The number of nitrogens with zero attached hydrogens (tertiary/aromatic N) is 4. The third-order valence-electron chi connectivity index (χ3n) is 4.89. The van der Waals surface area contributed by atoms with Gasteiger partial charge in [-0.2, -0.15) is 13.9 Å². The molecule has 2 N–H and O–H groups in total. The second-order valence-corrected chi connectivity index (χ2v) is 7.05. The Morgan fingerprint density at radius 1 is 1.31 bits per heavy atom. The number of aromatic nitrogens is 3. The van der Waals surface area contributed by atoms with Crippen molar-refractivity contribution in [3.05, 3.63) is 35.4 Å². The lowest BCUT2D eigenvalue weighted by molar-refractivity contribution is -0.0512. The van der Waals surface area contributed by atoms with Gasteiger partial charge in [0.1, 0.15) is 12.4 Å². The minimum absolute atomic E-state index is 0. The van der Waals surface area contributed by atoms with E-state index in [-0.39, 0.29) is 41.5 Å². The Bertz CT molecular complexity index is 896. The molecular formula is C20H29F2IN6O3. The largest absolute Gasteiger partial charge is 0.493 e. The highest BCUT2D eigenvalue weighted by atomic mass is 127. The molecule has 1 aliphatic rings. The Kier molecular flexibility index (Phi) is 10.4. The first kappa shape index (κ1) is 26.0. The number of aliphatic imine (C=N–C) groups is 1. The normalized spacial score (nSPS) is 15.7. The van der Waals surface area contributed by atoms with Crippen molar-refractivity contribution in [3.63, 3.8) is 0 Å². The average Bonchev–Trinajstić information content (AvgIpc) is 3.14. The summed E-state index contributed by atoms with van der Waals surface area (Å²) in [5.74, 6) is 2.62. The number of hydrogen-bond donors (Lipinski definition) is 2. The quantitative estimate of drug-likeness (QED) is 0.274. The number of hydrogen-bond acceptors (Lipinski definition) is 6. The number of fused-ring (bicyclic) bond motifs is 1. The Morgan fingerprint density at radius 3 is 2.81 bits per heavy atom. The highest BCUT2D eigenvalue weighted by Crippen LogP contribution is 2.29. The fraction of sp³-hybridized carbons (Fsp3) is 0.550. The van der Waals surface area contributed by atoms with Crippen LogP contribution in [0.2, 0.25) is 0 Å². The number of halogens is 3. The van der Waals surface area contributed by atoms with Crippen LogP contribution in [0.1, 0.15) is 23.6 Å². The van der Waals surface area contributed by atoms with Gasteiger partial charge in [-0.3, -0.25) is 4.99 Å². The molecule has 2 aromatic rings. The fourth-order valence-corrected chi connectivity index (χ4v) is 3.45. The Morgan fingerprint density at radius 2 is 2.12 bits per heavy atom. The molecule has 0 fully saturated rings. The number of methoxy groups -OCH3 is 2. The third-order valence-corrected chi connectivity index (χ3v) is 4.89. The molecule has 2 heterocycles. The summed E-state index contributed by atoms with van der Waals surface area (Å²) in [5.41, 5.74) is 0.843. The zero-order chi connectivity index (χ0) is 22.2. The Hall–Kier alpha value is -2.22. The van der Waals surface area contributed by atoms with Gasteiger partial charge in [-0.1, -0.05) is 6.07 Å². The van der Waals surface area contributed by atoms with Gasteiger partial charge in [0.05, 0.1) is 13.7 Å². The van der Waals surface area contributed by atoms with Crippen molar-refractivity contribution >= 4 is 29.9 Å². The van der Waals surface area contributed by atoms with Crippen LogP contribution >= 0.6 is 24.0 Å². The second-order valence-electron chi connectivity index (χ2n) is 7.05. The molecule has 0 amide bonds. The molecule has 0 spiro atoms. The van der Waals surface area contributed by atoms with Gasteiger partial charge in [0.15, 0.2) is 23.3 Å². The van der Waals surface area contributed by atoms with Gasteiger partial charge in [0.2, 0.25) is 0 Å². The van der Waals surface area contributed by atoms with E-state index in [1.54, 1.807) is 26.3 Å². The minimum Gasteiger partial charge on any atom is -0.493 e. The predicted molar refractivity (Wildman–Crippen MR) is 126 cm³/mol. The molecule has 3 rings (SSSR count). The molecule has 1 aromatic carbocycles. The second kappa shape index (κ2) is 12.7. The first-order valence-corrected chi connectivity index (χ1v) is 10.0. The number of benzene rings is 1. The predicted octanol–water partition coefficient (Wildman–Crippen LogP) is 2.38. The minimum atomic E-state index is -2.91. The number of ether oxygens (including phenoxy) is 3. The van der Waals surface area contributed by atoms with Gasteiger partial charge >= 0.3 is 6.61 Å². The van der Waals surface area contributed by atoms with E-state index >= 15 is 0 Å². The topological polar surface area (TPSA) is 94.8 Å². The number of alkyl halides is 2. The van der Waals surface area contributed by atoms with E-state index < -0.39 is 6.61 Å². The lowest BCUT2D eigenvalue weighted by Crippen LogP contribution is -2.47. The summed E-state index contributed by atoms with van der Waals surface area (Å²) in [6, 6.07) is 5.17. The van der Waals surface area contributed by atoms with Crippen LogP contribution in [0.5, 0.6) is 11.5 Å². The standard InChI is InChI=1S/C20H28F2N6O3.HI/c1-23-20(25-14-5-7-18-26-17(12-29-2)27-28(18)11-14)24-9-8-13-4-6-15(30-3)16(10-13)31-19(21)22;/h4,6,10,14,19H,5,7-9,11-12H2,1-3H3,(H2,23,24,25);1H. The van der Waals surface area contributed by atoms with Gasteiger partial charge in [-0.15, -0.1) is 24.0 Å². The molecule has 32 heavy (non-hydrogen) atoms. The zero-order valence-electron chi connectivity index (χ0n) is 18.3. The molecule has 1 atom stereocenters. The van der Waals surface area contributed by atoms with Crippen LogP contribution in [-0.2, 0) is 30.7 Å². The lowest BCUT2D eigenvalue weighted by atomic mass is 10.1. The summed E-state index contributed by atoms with van der Waals surface area (Å²) in [6.45, 7) is -1.24. The van der Waals surface area contributed by atoms with E-state index in [4.69, 9.17) is 9.47 Å². The van der Waals surface area contributed by atoms with Crippen LogP contribution in [0.15, 0.2) is 23.2 Å². The molecule has 12 heteroatoms. The first-order valence-electron chi connectivity index (χ1n) is 10.0. The van der Waals surface area contributed by atoms with Crippen LogP contribution in [-0.4, -0.2) is 61.2 Å². The van der Waals surface area contributed by atoms with E-state index in [0.29, 0.717) is 37.9 Å². The third kappa shape index (κ3) is 7.15. The maximum Gasteiger partial charge on any atom is 0.387 e. The Labute approximate surface area is 202 Å². The summed E-state index contributed by atoms with van der Waals surface area (Å²) in [5, 5.41) is 11.1. The van der Waals surface area contributed by atoms with Crippen molar-refractivity contribution in [2.45, 2.75) is 45.1 Å². The molecule has 1 unspecified atom stereocenters. The van der Waals surface area contributed by atoms with Crippen LogP contribution in [0.4, 0.5) is 8.78 Å². The zero-order valence-corrected chi connectivity index (χ0v) is 20.6. The van der Waals surface area contributed by atoms with Crippen LogP contribution in [0, 0.1) is 0 Å². The number of aryl methyl sites for hydroxylation is 1. The van der Waals surface area contributed by atoms with Crippen molar-refractivity contribution in [2.24, 2.45) is 4.99 Å². The monoisotopic (exact) mass is 566 g/mol. The summed E-state index contributed by atoms with van der Waals surface area (Å²) in [4.78, 5) is 8.76. The average molecular weight is 566 g/mol. The maximum absolute atomic E-state index is 12.6. The van der Waals surface area contributed by atoms with Crippen LogP contribution < -0.4 is 20.1 Å². The van der Waals surface area contributed by atoms with Crippen LogP contribution in [0.25, 0.3) is 0 Å². The van der Waals surface area contributed by atoms with E-state index in [1.807, 2.05) is 10.7 Å². The van der Waals surface area contributed by atoms with Crippen LogP contribution in [0.3, 0.4) is 0 Å². The molecule has 0 bridgehead atoms. The van der Waals surface area contributed by atoms with Gasteiger partial charge < -0.3 is 24.8 Å². The summed E-state index contributed by atoms with van der Waals surface area (Å²) >= 11 is 0. The van der Waals surface area contributed by atoms with Crippen molar-refractivity contribution < 1.29 is 23.0 Å².